The number of hydrogen-bond donors (Lipinski definition) is 0. The van der Waals surface area contributed by atoms with Gasteiger partial charge >= 0.3 is 0 Å². The maximum atomic E-state index is 12.9. The number of aromatic nitrogens is 3. The van der Waals surface area contributed by atoms with Crippen molar-refractivity contribution in [3.05, 3.63) is 34.0 Å². The fourth-order valence-electron chi connectivity index (χ4n) is 3.27. The first-order valence-electron chi connectivity index (χ1n) is 8.31. The number of aryl methyl sites for hydroxylation is 1. The molecule has 2 aromatic heterocycles. The second-order valence-corrected chi connectivity index (χ2v) is 7.26. The highest BCUT2D eigenvalue weighted by molar-refractivity contribution is 7.09. The summed E-state index contributed by atoms with van der Waals surface area (Å²) in [4.78, 5) is 25.3. The van der Waals surface area contributed by atoms with Crippen molar-refractivity contribution in [3.8, 4) is 0 Å². The third-order valence-electron chi connectivity index (χ3n) is 4.42. The summed E-state index contributed by atoms with van der Waals surface area (Å²) in [6.07, 6.45) is 3.77. The average Bonchev–Trinajstić information content (AvgIpc) is 3.23. The van der Waals surface area contributed by atoms with E-state index in [1.54, 1.807) is 17.5 Å². The highest BCUT2D eigenvalue weighted by atomic mass is 32.1. The topological polar surface area (TPSA) is 63.5 Å². The monoisotopic (exact) mass is 347 g/mol. The minimum absolute atomic E-state index is 0.000306. The largest absolute Gasteiger partial charge is 0.288 e. The van der Waals surface area contributed by atoms with Gasteiger partial charge in [-0.1, -0.05) is 0 Å². The third-order valence-corrected chi connectivity index (χ3v) is 5.37. The van der Waals surface area contributed by atoms with Crippen LogP contribution in [-0.2, 0) is 22.7 Å². The van der Waals surface area contributed by atoms with E-state index < -0.39 is 0 Å². The van der Waals surface area contributed by atoms with Crippen molar-refractivity contribution in [2.45, 2.75) is 38.9 Å². The van der Waals surface area contributed by atoms with Gasteiger partial charge in [-0.3, -0.25) is 19.2 Å². The molecule has 1 saturated heterocycles. The zero-order valence-electron chi connectivity index (χ0n) is 13.7. The molecule has 24 heavy (non-hydrogen) atoms. The molecule has 128 valence electrons. The summed E-state index contributed by atoms with van der Waals surface area (Å²) in [6.45, 7) is 5.46. The van der Waals surface area contributed by atoms with E-state index in [1.807, 2.05) is 17.7 Å². The van der Waals surface area contributed by atoms with Crippen molar-refractivity contribution < 1.29 is 9.63 Å². The Labute approximate surface area is 144 Å². The highest BCUT2D eigenvalue weighted by Crippen LogP contribution is 2.25. The van der Waals surface area contributed by atoms with Crippen LogP contribution in [0.25, 0.3) is 0 Å². The van der Waals surface area contributed by atoms with Gasteiger partial charge in [-0.05, 0) is 25.8 Å². The van der Waals surface area contributed by atoms with Crippen LogP contribution < -0.4 is 0 Å². The lowest BCUT2D eigenvalue weighted by Gasteiger charge is -2.36. The smallest absolute Gasteiger partial charge is 0.272 e. The summed E-state index contributed by atoms with van der Waals surface area (Å²) in [5.74, 6) is -0.000306. The number of rotatable bonds is 3. The molecule has 4 heterocycles. The zero-order valence-corrected chi connectivity index (χ0v) is 14.5. The molecule has 8 heteroatoms. The second kappa shape index (κ2) is 6.62. The van der Waals surface area contributed by atoms with Gasteiger partial charge in [0.1, 0.15) is 11.0 Å². The minimum Gasteiger partial charge on any atom is -0.288 e. The van der Waals surface area contributed by atoms with Gasteiger partial charge in [-0.2, -0.15) is 5.10 Å². The standard InChI is InChI=1S/C16H21N5O2S/c1-12-11-24-15(18-12)10-19-8-13-4-5-17-21(13)14(9-19)16(22)20-6-2-3-7-23-20/h4-5,11,14H,2-3,6-10H2,1H3/t14-/m0/s1. The Hall–Kier alpha value is -1.77. The van der Waals surface area contributed by atoms with Crippen molar-refractivity contribution >= 4 is 17.2 Å². The van der Waals surface area contributed by atoms with E-state index in [0.717, 1.165) is 42.3 Å². The Bertz CT molecular complexity index is 722. The molecule has 1 amide bonds. The molecule has 0 aromatic carbocycles. The highest BCUT2D eigenvalue weighted by Gasteiger charge is 2.35. The van der Waals surface area contributed by atoms with Crippen LogP contribution >= 0.6 is 11.3 Å². The molecule has 4 rings (SSSR count). The molecule has 2 aromatic rings. The summed E-state index contributed by atoms with van der Waals surface area (Å²) < 4.78 is 1.85. The van der Waals surface area contributed by atoms with E-state index in [4.69, 9.17) is 4.84 Å². The fourth-order valence-corrected chi connectivity index (χ4v) is 4.08. The van der Waals surface area contributed by atoms with Crippen LogP contribution in [-0.4, -0.2) is 50.3 Å². The van der Waals surface area contributed by atoms with E-state index in [-0.39, 0.29) is 11.9 Å². The molecular weight excluding hydrogens is 326 g/mol. The molecule has 0 unspecified atom stereocenters. The van der Waals surface area contributed by atoms with E-state index in [1.165, 1.54) is 5.06 Å². The van der Waals surface area contributed by atoms with Gasteiger partial charge in [0.2, 0.25) is 0 Å². The molecule has 2 aliphatic rings. The summed E-state index contributed by atoms with van der Waals surface area (Å²) in [5, 5.41) is 9.05. The maximum absolute atomic E-state index is 12.9. The number of carbonyl (C=O) groups is 1. The molecular formula is C16H21N5O2S. The average molecular weight is 347 g/mol. The molecule has 0 radical (unpaired) electrons. The van der Waals surface area contributed by atoms with E-state index >= 15 is 0 Å². The van der Waals surface area contributed by atoms with Gasteiger partial charge in [-0.15, -0.1) is 11.3 Å². The fraction of sp³-hybridized carbons (Fsp3) is 0.562. The van der Waals surface area contributed by atoms with Crippen LogP contribution in [0.4, 0.5) is 0 Å². The van der Waals surface area contributed by atoms with Gasteiger partial charge in [0.15, 0.2) is 0 Å². The van der Waals surface area contributed by atoms with Crippen molar-refractivity contribution in [2.24, 2.45) is 0 Å². The molecule has 1 fully saturated rings. The predicted molar refractivity (Wildman–Crippen MR) is 89.1 cm³/mol. The van der Waals surface area contributed by atoms with Crippen LogP contribution in [0.5, 0.6) is 0 Å². The van der Waals surface area contributed by atoms with Gasteiger partial charge < -0.3 is 0 Å². The minimum atomic E-state index is -0.331. The molecule has 0 N–H and O–H groups in total. The van der Waals surface area contributed by atoms with Crippen molar-refractivity contribution in [1.29, 1.82) is 0 Å². The number of hydrogen-bond acceptors (Lipinski definition) is 6. The van der Waals surface area contributed by atoms with Gasteiger partial charge in [-0.25, -0.2) is 10.0 Å². The number of fused-ring (bicyclic) bond motifs is 1. The Morgan fingerprint density at radius 2 is 2.38 bits per heavy atom. The first-order chi connectivity index (χ1) is 11.7. The summed E-state index contributed by atoms with van der Waals surface area (Å²) in [6, 6.07) is 1.65. The first kappa shape index (κ1) is 15.7. The Morgan fingerprint density at radius 3 is 3.12 bits per heavy atom. The van der Waals surface area contributed by atoms with Gasteiger partial charge in [0, 0.05) is 36.9 Å². The summed E-state index contributed by atoms with van der Waals surface area (Å²) in [5.41, 5.74) is 2.11. The first-order valence-corrected chi connectivity index (χ1v) is 9.19. The summed E-state index contributed by atoms with van der Waals surface area (Å²) in [7, 11) is 0. The molecule has 0 bridgehead atoms. The quantitative estimate of drug-likeness (QED) is 0.847. The van der Waals surface area contributed by atoms with E-state index in [0.29, 0.717) is 19.7 Å². The Kier molecular flexibility index (Phi) is 4.34. The normalized spacial score (nSPS) is 21.7. The number of nitrogens with zero attached hydrogens (tertiary/aromatic N) is 5. The van der Waals surface area contributed by atoms with Gasteiger partial charge in [0.05, 0.1) is 18.8 Å². The Balaban J connectivity index is 1.53. The summed E-state index contributed by atoms with van der Waals surface area (Å²) >= 11 is 1.67. The lowest BCUT2D eigenvalue weighted by molar-refractivity contribution is -0.201. The zero-order chi connectivity index (χ0) is 16.5. The van der Waals surface area contributed by atoms with Crippen LogP contribution in [0.15, 0.2) is 17.6 Å². The second-order valence-electron chi connectivity index (χ2n) is 6.32. The lowest BCUT2D eigenvalue weighted by atomic mass is 10.1. The lowest BCUT2D eigenvalue weighted by Crippen LogP contribution is -2.47. The molecule has 0 aliphatic carbocycles. The van der Waals surface area contributed by atoms with Crippen molar-refractivity contribution in [3.63, 3.8) is 0 Å². The number of amides is 1. The maximum Gasteiger partial charge on any atom is 0.272 e. The number of carbonyl (C=O) groups excluding carboxylic acids is 1. The molecule has 2 aliphatic heterocycles. The SMILES string of the molecule is Cc1csc(CN2Cc3ccnn3[C@H](C(=O)N3CCCCO3)C2)n1. The van der Waals surface area contributed by atoms with Crippen LogP contribution in [0.3, 0.4) is 0 Å². The number of thiazole rings is 1. The van der Waals surface area contributed by atoms with E-state index in [2.05, 4.69) is 20.4 Å². The molecule has 0 saturated carbocycles. The van der Waals surface area contributed by atoms with Gasteiger partial charge in [0.25, 0.3) is 5.91 Å². The third kappa shape index (κ3) is 3.09. The number of hydroxylamine groups is 2. The van der Waals surface area contributed by atoms with E-state index in [9.17, 15) is 4.79 Å². The molecule has 7 nitrogen and oxygen atoms in total. The molecule has 1 atom stereocenters. The van der Waals surface area contributed by atoms with Crippen molar-refractivity contribution in [2.75, 3.05) is 19.7 Å². The van der Waals surface area contributed by atoms with Crippen LogP contribution in [0, 0.1) is 6.92 Å². The van der Waals surface area contributed by atoms with Crippen molar-refractivity contribution in [1.82, 2.24) is 24.7 Å². The predicted octanol–water partition coefficient (Wildman–Crippen LogP) is 1.76. The molecule has 0 spiro atoms. The van der Waals surface area contributed by atoms with Crippen LogP contribution in [0.1, 0.15) is 35.3 Å². The van der Waals surface area contributed by atoms with Crippen LogP contribution in [0.2, 0.25) is 0 Å². The Morgan fingerprint density at radius 1 is 1.46 bits per heavy atom.